The molecular formula is C16H27IN4O2. The second kappa shape index (κ2) is 9.79. The Morgan fingerprint density at radius 3 is 2.48 bits per heavy atom. The smallest absolute Gasteiger partial charge is 0.289 e. The van der Waals surface area contributed by atoms with Gasteiger partial charge in [0.2, 0.25) is 0 Å². The fraction of sp³-hybridized carbons (Fsp3) is 0.625. The topological polar surface area (TPSA) is 61.1 Å². The molecule has 7 heteroatoms. The first kappa shape index (κ1) is 19.8. The highest BCUT2D eigenvalue weighted by molar-refractivity contribution is 14.0. The molecule has 0 bridgehead atoms. The predicted molar refractivity (Wildman–Crippen MR) is 102 cm³/mol. The molecule has 23 heavy (non-hydrogen) atoms. The van der Waals surface area contributed by atoms with Gasteiger partial charge in [0, 0.05) is 39.3 Å². The van der Waals surface area contributed by atoms with Gasteiger partial charge in [0.05, 0.1) is 6.26 Å². The molecule has 1 aromatic rings. The molecule has 0 atom stereocenters. The van der Waals surface area contributed by atoms with Gasteiger partial charge < -0.3 is 19.5 Å². The first-order chi connectivity index (χ1) is 10.6. The van der Waals surface area contributed by atoms with Crippen molar-refractivity contribution < 1.29 is 9.21 Å². The van der Waals surface area contributed by atoms with Crippen LogP contribution in [0.15, 0.2) is 27.8 Å². The van der Waals surface area contributed by atoms with Crippen molar-refractivity contribution in [3.63, 3.8) is 0 Å². The molecule has 0 aromatic carbocycles. The Balaban J connectivity index is 0.00000264. The Labute approximate surface area is 155 Å². The van der Waals surface area contributed by atoms with Crippen LogP contribution in [-0.2, 0) is 0 Å². The molecule has 1 fully saturated rings. The number of halogens is 1. The minimum atomic E-state index is -0.0335. The zero-order valence-electron chi connectivity index (χ0n) is 14.1. The monoisotopic (exact) mass is 434 g/mol. The molecule has 0 radical (unpaired) electrons. The highest BCUT2D eigenvalue weighted by Gasteiger charge is 2.25. The molecular weight excluding hydrogens is 407 g/mol. The number of hydrogen-bond donors (Lipinski definition) is 1. The maximum atomic E-state index is 12.2. The van der Waals surface area contributed by atoms with Gasteiger partial charge in [-0.05, 0) is 25.0 Å². The third kappa shape index (κ3) is 5.71. The highest BCUT2D eigenvalue weighted by Crippen LogP contribution is 2.09. The predicted octanol–water partition coefficient (Wildman–Crippen LogP) is 2.28. The van der Waals surface area contributed by atoms with Gasteiger partial charge >= 0.3 is 0 Å². The molecule has 0 unspecified atom stereocenters. The Kier molecular flexibility index (Phi) is 8.43. The summed E-state index contributed by atoms with van der Waals surface area (Å²) in [6, 6.07) is 3.45. The van der Waals surface area contributed by atoms with E-state index >= 15 is 0 Å². The first-order valence-electron chi connectivity index (χ1n) is 7.97. The Morgan fingerprint density at radius 2 is 1.96 bits per heavy atom. The van der Waals surface area contributed by atoms with E-state index in [0.29, 0.717) is 24.8 Å². The lowest BCUT2D eigenvalue weighted by molar-refractivity contribution is 0.0657. The zero-order chi connectivity index (χ0) is 15.9. The van der Waals surface area contributed by atoms with Crippen molar-refractivity contribution in [2.24, 2.45) is 10.9 Å². The Hall–Kier alpha value is -1.25. The highest BCUT2D eigenvalue weighted by atomic mass is 127. The minimum Gasteiger partial charge on any atom is -0.459 e. The molecule has 1 aromatic heterocycles. The fourth-order valence-corrected chi connectivity index (χ4v) is 2.37. The van der Waals surface area contributed by atoms with Crippen molar-refractivity contribution in [3.8, 4) is 0 Å². The Bertz CT molecular complexity index is 494. The lowest BCUT2D eigenvalue weighted by Crippen LogP contribution is -2.53. The molecule has 1 saturated heterocycles. The van der Waals surface area contributed by atoms with E-state index in [0.717, 1.165) is 32.1 Å². The molecule has 0 saturated carbocycles. The summed E-state index contributed by atoms with van der Waals surface area (Å²) in [5, 5.41) is 3.33. The number of piperazine rings is 1. The number of rotatable bonds is 4. The van der Waals surface area contributed by atoms with Crippen molar-refractivity contribution in [2.45, 2.75) is 20.8 Å². The average molecular weight is 434 g/mol. The van der Waals surface area contributed by atoms with Crippen LogP contribution >= 0.6 is 24.0 Å². The van der Waals surface area contributed by atoms with Crippen molar-refractivity contribution >= 4 is 35.8 Å². The lowest BCUT2D eigenvalue weighted by atomic mass is 10.2. The third-order valence-electron chi connectivity index (χ3n) is 3.54. The molecule has 6 nitrogen and oxygen atoms in total. The van der Waals surface area contributed by atoms with E-state index in [-0.39, 0.29) is 29.9 Å². The minimum absolute atomic E-state index is 0. The first-order valence-corrected chi connectivity index (χ1v) is 7.97. The molecule has 130 valence electrons. The normalized spacial score (nSPS) is 15.6. The SMILES string of the molecule is CCNC(=NCC(C)C)N1CCN(C(=O)c2ccco2)CC1.I. The number of amides is 1. The van der Waals surface area contributed by atoms with Crippen LogP contribution in [0.25, 0.3) is 0 Å². The van der Waals surface area contributed by atoms with E-state index in [2.05, 4.69) is 36.0 Å². The van der Waals surface area contributed by atoms with E-state index in [1.807, 2.05) is 4.90 Å². The fourth-order valence-electron chi connectivity index (χ4n) is 2.37. The summed E-state index contributed by atoms with van der Waals surface area (Å²) >= 11 is 0. The summed E-state index contributed by atoms with van der Waals surface area (Å²) in [4.78, 5) is 21.0. The van der Waals surface area contributed by atoms with Crippen LogP contribution in [0, 0.1) is 5.92 Å². The van der Waals surface area contributed by atoms with Gasteiger partial charge in [-0.15, -0.1) is 24.0 Å². The standard InChI is InChI=1S/C16H26N4O2.HI/c1-4-17-16(18-12-13(2)3)20-9-7-19(8-10-20)15(21)14-6-5-11-22-14;/h5-6,11,13H,4,7-10,12H2,1-3H3,(H,17,18);1H. The number of carbonyl (C=O) groups is 1. The zero-order valence-corrected chi connectivity index (χ0v) is 16.4. The van der Waals surface area contributed by atoms with Gasteiger partial charge in [-0.3, -0.25) is 9.79 Å². The van der Waals surface area contributed by atoms with Crippen LogP contribution in [0.2, 0.25) is 0 Å². The van der Waals surface area contributed by atoms with Gasteiger partial charge in [-0.2, -0.15) is 0 Å². The van der Waals surface area contributed by atoms with Gasteiger partial charge in [0.25, 0.3) is 5.91 Å². The summed E-state index contributed by atoms with van der Waals surface area (Å²) in [6.07, 6.45) is 1.53. The number of aliphatic imine (C=N–C) groups is 1. The van der Waals surface area contributed by atoms with E-state index in [1.165, 1.54) is 6.26 Å². The van der Waals surface area contributed by atoms with Crippen molar-refractivity contribution in [1.29, 1.82) is 0 Å². The van der Waals surface area contributed by atoms with Crippen molar-refractivity contribution in [2.75, 3.05) is 39.3 Å². The largest absolute Gasteiger partial charge is 0.459 e. The number of furan rings is 1. The quantitative estimate of drug-likeness (QED) is 0.449. The molecule has 1 N–H and O–H groups in total. The lowest BCUT2D eigenvalue weighted by Gasteiger charge is -2.36. The van der Waals surface area contributed by atoms with Crippen LogP contribution in [-0.4, -0.2) is 60.9 Å². The number of nitrogens with one attached hydrogen (secondary N) is 1. The van der Waals surface area contributed by atoms with Crippen molar-refractivity contribution in [1.82, 2.24) is 15.1 Å². The number of carbonyl (C=O) groups excluding carboxylic acids is 1. The van der Waals surface area contributed by atoms with Gasteiger partial charge in [-0.25, -0.2) is 0 Å². The summed E-state index contributed by atoms with van der Waals surface area (Å²) in [5.41, 5.74) is 0. The van der Waals surface area contributed by atoms with Crippen LogP contribution in [0.1, 0.15) is 31.3 Å². The summed E-state index contributed by atoms with van der Waals surface area (Å²) in [6.45, 7) is 11.0. The van der Waals surface area contributed by atoms with Crippen LogP contribution in [0.4, 0.5) is 0 Å². The van der Waals surface area contributed by atoms with Crippen LogP contribution in [0.5, 0.6) is 0 Å². The summed E-state index contributed by atoms with van der Waals surface area (Å²) in [7, 11) is 0. The molecule has 1 aliphatic rings. The second-order valence-corrected chi connectivity index (χ2v) is 5.85. The number of hydrogen-bond acceptors (Lipinski definition) is 3. The number of guanidine groups is 1. The summed E-state index contributed by atoms with van der Waals surface area (Å²) in [5.74, 6) is 1.86. The Morgan fingerprint density at radius 1 is 1.30 bits per heavy atom. The van der Waals surface area contributed by atoms with Gasteiger partial charge in [-0.1, -0.05) is 13.8 Å². The second-order valence-electron chi connectivity index (χ2n) is 5.85. The average Bonchev–Trinajstić information content (AvgIpc) is 3.05. The molecule has 1 amide bonds. The number of nitrogens with zero attached hydrogens (tertiary/aromatic N) is 3. The molecule has 2 rings (SSSR count). The molecule has 0 aliphatic carbocycles. The van der Waals surface area contributed by atoms with Gasteiger partial charge in [0.1, 0.15) is 0 Å². The molecule has 1 aliphatic heterocycles. The van der Waals surface area contributed by atoms with E-state index in [9.17, 15) is 4.79 Å². The third-order valence-corrected chi connectivity index (χ3v) is 3.54. The van der Waals surface area contributed by atoms with Crippen LogP contribution in [0.3, 0.4) is 0 Å². The molecule has 2 heterocycles. The van der Waals surface area contributed by atoms with Crippen LogP contribution < -0.4 is 5.32 Å². The maximum Gasteiger partial charge on any atom is 0.289 e. The van der Waals surface area contributed by atoms with Gasteiger partial charge in [0.15, 0.2) is 11.7 Å². The van der Waals surface area contributed by atoms with E-state index < -0.39 is 0 Å². The maximum absolute atomic E-state index is 12.2. The van der Waals surface area contributed by atoms with E-state index in [4.69, 9.17) is 4.42 Å². The summed E-state index contributed by atoms with van der Waals surface area (Å²) < 4.78 is 5.19. The van der Waals surface area contributed by atoms with E-state index in [1.54, 1.807) is 12.1 Å². The van der Waals surface area contributed by atoms with Crippen molar-refractivity contribution in [3.05, 3.63) is 24.2 Å². The molecule has 0 spiro atoms.